The molecule has 0 fully saturated rings. The van der Waals surface area contributed by atoms with E-state index in [0.717, 1.165) is 10.5 Å². The Bertz CT molecular complexity index is 27.9. The van der Waals surface area contributed by atoms with E-state index in [4.69, 9.17) is 0 Å². The highest BCUT2D eigenvalue weighted by molar-refractivity contribution is 6.31. The van der Waals surface area contributed by atoms with Crippen molar-refractivity contribution >= 4 is 20.0 Å². The van der Waals surface area contributed by atoms with Crippen LogP contribution in [0.15, 0.2) is 0 Å². The Balaban J connectivity index is -0.000000000526. The zero-order valence-corrected chi connectivity index (χ0v) is 10.5. The fourth-order valence-electron chi connectivity index (χ4n) is 0. The van der Waals surface area contributed by atoms with Crippen LogP contribution in [0.25, 0.3) is 0 Å². The maximum Gasteiger partial charge on any atom is 0.145 e. The van der Waals surface area contributed by atoms with Crippen LogP contribution in [0.4, 0.5) is 0 Å². The molecule has 0 amide bonds. The predicted molar refractivity (Wildman–Crippen MR) is 132 cm³/mol. The molecule has 0 aliphatic carbocycles. The first-order valence-electron chi connectivity index (χ1n) is 2.23. The van der Waals surface area contributed by atoms with Crippen LogP contribution in [-0.2, 0) is 4.43 Å². The van der Waals surface area contributed by atoms with Gasteiger partial charge in [0.05, 0.1) is 0 Å². The molecule has 0 bridgehead atoms. The summed E-state index contributed by atoms with van der Waals surface area (Å²) in [5.41, 5.74) is 0. The van der Waals surface area contributed by atoms with Crippen LogP contribution in [0.5, 0.6) is 0 Å². The second-order valence-electron chi connectivity index (χ2n) is 1.12. The van der Waals surface area contributed by atoms with Crippen molar-refractivity contribution < 1.29 is 26.3 Å². The monoisotopic (exact) mass is 386 g/mol. The van der Waals surface area contributed by atoms with Gasteiger partial charge >= 0.3 is 0 Å². The molecule has 0 unspecified atom stereocenters. The topological polar surface area (TPSA) is 135 Å². The van der Waals surface area contributed by atoms with Gasteiger partial charge in [-0.25, -0.2) is 0 Å². The maximum atomic E-state index is 4.39. The van der Waals surface area contributed by atoms with Crippen LogP contribution in [0, 0.1) is 0 Å². The zero-order valence-electron chi connectivity index (χ0n) is 7.12. The van der Waals surface area contributed by atoms with Crippen molar-refractivity contribution in [2.24, 2.45) is 0 Å². The zero-order chi connectivity index (χ0) is 5.41. The van der Waals surface area contributed by atoms with Crippen molar-refractivity contribution in [3.8, 4) is 0 Å². The van der Waals surface area contributed by atoms with Crippen molar-refractivity contribution in [3.05, 3.63) is 0 Å². The van der Waals surface area contributed by atoms with Gasteiger partial charge in [-0.3, -0.25) is 0 Å². The highest BCUT2D eigenvalue weighted by Crippen LogP contribution is 1.36. The van der Waals surface area contributed by atoms with Gasteiger partial charge in [0.2, 0.25) is 0 Å². The van der Waals surface area contributed by atoms with E-state index in [1.807, 2.05) is 0 Å². The van der Waals surface area contributed by atoms with E-state index >= 15 is 0 Å². The molecule has 0 radical (unpaired) electrons. The Morgan fingerprint density at radius 1 is 0.500 bits per heavy atom. The highest BCUT2D eigenvalue weighted by atomic mass is 28.2. The summed E-state index contributed by atoms with van der Waals surface area (Å²) in [5, 5.41) is 0. The molecule has 8 N–H and O–H groups in total. The predicted octanol–water partition coefficient (Wildman–Crippen LogP) is 3.50. The van der Waals surface area contributed by atoms with Crippen molar-refractivity contribution in [2.45, 2.75) is 102 Å². The summed E-state index contributed by atoms with van der Waals surface area (Å²) < 4.78 is 4.39. The van der Waals surface area contributed by atoms with Gasteiger partial charge in [-0.2, -0.15) is 0 Å². The van der Waals surface area contributed by atoms with E-state index in [9.17, 15) is 0 Å². The summed E-state index contributed by atoms with van der Waals surface area (Å²) in [6.45, 7) is 4.53. The third-order valence-corrected chi connectivity index (χ3v) is 0. The molecule has 0 aromatic rings. The lowest BCUT2D eigenvalue weighted by Crippen LogP contribution is -1.60. The van der Waals surface area contributed by atoms with Crippen LogP contribution < -0.4 is 0 Å². The van der Waals surface area contributed by atoms with E-state index in [1.165, 1.54) is 0 Å². The van der Waals surface area contributed by atoms with E-state index in [0.29, 0.717) is 9.52 Å². The number of hydrogen-bond donors (Lipinski definition) is 0. The first-order valence-corrected chi connectivity index (χ1v) is 5.88. The van der Waals surface area contributed by atoms with Gasteiger partial charge in [-0.05, 0) is 0 Å². The van der Waals surface area contributed by atoms with Crippen LogP contribution in [0.2, 0.25) is 13.1 Å². The van der Waals surface area contributed by atoms with Crippen molar-refractivity contribution in [1.82, 2.24) is 0 Å². The van der Waals surface area contributed by atoms with Gasteiger partial charge in [0.1, 0.15) is 10.5 Å². The second kappa shape index (κ2) is 1740. The minimum Gasteiger partial charge on any atom is -0.431 e. The Labute approximate surface area is 156 Å². The highest BCUT2D eigenvalue weighted by Gasteiger charge is 1.38. The summed E-state index contributed by atoms with van der Waals surface area (Å²) >= 11 is 0. The first kappa shape index (κ1) is 559. The summed E-state index contributed by atoms with van der Waals surface area (Å²) in [6.07, 6.45) is 0. The lowest BCUT2D eigenvalue weighted by atomic mass is 11.8. The minimum atomic E-state index is 0. The molecule has 7 heteroatoms. The van der Waals surface area contributed by atoms with Gasteiger partial charge in [0.25, 0.3) is 0 Å². The van der Waals surface area contributed by atoms with Crippen LogP contribution >= 0.6 is 0 Å². The van der Waals surface area contributed by atoms with E-state index < -0.39 is 0 Å². The average Bonchev–Trinajstić information content (AvgIpc) is 1.39. The molecule has 0 spiro atoms. The Hall–Kier alpha value is 0.234. The smallest absolute Gasteiger partial charge is 0.145 e. The van der Waals surface area contributed by atoms with E-state index in [-0.39, 0.29) is 111 Å². The van der Waals surface area contributed by atoms with Gasteiger partial charge in [-0.15, -0.1) is 0 Å². The molecule has 0 aliphatic rings. The van der Waals surface area contributed by atoms with Crippen molar-refractivity contribution in [1.29, 1.82) is 0 Å². The van der Waals surface area contributed by atoms with Gasteiger partial charge in [-0.1, -0.05) is 102 Å². The summed E-state index contributed by atoms with van der Waals surface area (Å²) in [6, 6.07) is 0. The quantitative estimate of drug-likeness (QED) is 0.578. The molecule has 0 aliphatic heterocycles. The van der Waals surface area contributed by atoms with E-state index in [2.05, 4.69) is 17.5 Å². The molecule has 0 aromatic carbocycles. The number of hydrogen-bond acceptors (Lipinski definition) is 1. The third kappa shape index (κ3) is 137000. The maximum absolute atomic E-state index is 4.39. The van der Waals surface area contributed by atoms with Gasteiger partial charge in [0, 0.05) is 16.6 Å². The normalized spacial score (nSPS) is 1.77. The summed E-state index contributed by atoms with van der Waals surface area (Å²) in [7, 11) is 2.97. The molecule has 22 heavy (non-hydrogen) atoms. The SMILES string of the molecule is C.C.C.C.C.C.C.C.C.C.C.C.CO[SiH3].C[SiH2]C.O.O.O.O. The average molecular weight is 387 g/mol. The molecule has 5 nitrogen and oxygen atoms in total. The molecule has 0 rings (SSSR count). The van der Waals surface area contributed by atoms with Crippen LogP contribution in [0.3, 0.4) is 0 Å². The molecule has 0 saturated heterocycles. The standard InChI is InChI=1S/C2H8Si.CH6OSi.12CH4.4H2O/c1-3-2;1-2-3;;;;;;;;;;;;;;;;/h3H2,1-2H3;1,3H3;12*1H4;4*1H2. The van der Waals surface area contributed by atoms with Gasteiger partial charge < -0.3 is 26.3 Å². The molecule has 0 atom stereocenters. The molecular formula is C15H70O5Si2. The Kier molecular flexibility index (Phi) is 44300. The fraction of sp³-hybridized carbons (Fsp3) is 1.00. The van der Waals surface area contributed by atoms with Crippen molar-refractivity contribution in [3.63, 3.8) is 0 Å². The first-order chi connectivity index (χ1) is 2.83. The summed E-state index contributed by atoms with van der Waals surface area (Å²) in [5.74, 6) is 0. The number of rotatable bonds is 0. The molecule has 0 heterocycles. The van der Waals surface area contributed by atoms with Crippen LogP contribution in [-0.4, -0.2) is 49.0 Å². The molecule has 0 saturated carbocycles. The Morgan fingerprint density at radius 2 is 0.500 bits per heavy atom. The van der Waals surface area contributed by atoms with Crippen molar-refractivity contribution in [2.75, 3.05) is 7.11 Å². The van der Waals surface area contributed by atoms with Gasteiger partial charge in [0.15, 0.2) is 0 Å². The minimum absolute atomic E-state index is 0. The molecular weight excluding hydrogens is 316 g/mol. The molecule has 168 valence electrons. The third-order valence-electron chi connectivity index (χ3n) is 0. The lowest BCUT2D eigenvalue weighted by Gasteiger charge is -1.61. The summed E-state index contributed by atoms with van der Waals surface area (Å²) in [4.78, 5) is 0. The largest absolute Gasteiger partial charge is 0.431 e. The fourth-order valence-corrected chi connectivity index (χ4v) is 0. The second-order valence-corrected chi connectivity index (χ2v) is 3.35. The van der Waals surface area contributed by atoms with Crippen LogP contribution in [0.1, 0.15) is 89.1 Å². The van der Waals surface area contributed by atoms with E-state index in [1.54, 1.807) is 7.11 Å². The Morgan fingerprint density at radius 3 is 0.500 bits per heavy atom. The molecule has 0 aromatic heterocycles. The lowest BCUT2D eigenvalue weighted by molar-refractivity contribution is 0.460.